The summed E-state index contributed by atoms with van der Waals surface area (Å²) in [6, 6.07) is 1.69. The van der Waals surface area contributed by atoms with Crippen LogP contribution in [0.15, 0.2) is 11.4 Å². The Balaban J connectivity index is 2.88. The van der Waals surface area contributed by atoms with Crippen molar-refractivity contribution in [3.63, 3.8) is 0 Å². The molecule has 5 heteroatoms. The van der Waals surface area contributed by atoms with Crippen LogP contribution in [0.5, 0.6) is 5.75 Å². The van der Waals surface area contributed by atoms with Gasteiger partial charge < -0.3 is 10.2 Å². The smallest absolute Gasteiger partial charge is 0.358 e. The van der Waals surface area contributed by atoms with E-state index in [1.54, 1.807) is 18.4 Å². The molecule has 0 aromatic carbocycles. The molecule has 2 heterocycles. The monoisotopic (exact) mass is 209 g/mol. The summed E-state index contributed by atoms with van der Waals surface area (Å²) < 4.78 is 0.826. The number of pyridine rings is 1. The Hall–Kier alpha value is -1.62. The molecule has 0 aliphatic carbocycles. The van der Waals surface area contributed by atoms with Crippen LogP contribution in [-0.2, 0) is 0 Å². The van der Waals surface area contributed by atoms with E-state index in [1.807, 2.05) is 0 Å². The van der Waals surface area contributed by atoms with Crippen LogP contribution in [0.3, 0.4) is 0 Å². The molecule has 0 saturated carbocycles. The highest BCUT2D eigenvalue weighted by Crippen LogP contribution is 2.32. The summed E-state index contributed by atoms with van der Waals surface area (Å²) in [4.78, 5) is 14.6. The van der Waals surface area contributed by atoms with E-state index in [2.05, 4.69) is 4.98 Å². The van der Waals surface area contributed by atoms with Crippen LogP contribution >= 0.6 is 11.3 Å². The van der Waals surface area contributed by atoms with Crippen LogP contribution in [0.4, 0.5) is 0 Å². The number of nitrogens with zero attached hydrogens (tertiary/aromatic N) is 1. The first-order chi connectivity index (χ1) is 6.61. The third-order valence-corrected chi connectivity index (χ3v) is 2.98. The van der Waals surface area contributed by atoms with Gasteiger partial charge >= 0.3 is 5.97 Å². The van der Waals surface area contributed by atoms with Gasteiger partial charge in [0.2, 0.25) is 0 Å². The number of carboxylic acids is 1. The zero-order valence-electron chi connectivity index (χ0n) is 7.31. The van der Waals surface area contributed by atoms with E-state index in [0.29, 0.717) is 11.1 Å². The second-order valence-corrected chi connectivity index (χ2v) is 3.78. The molecule has 0 aliphatic rings. The van der Waals surface area contributed by atoms with Gasteiger partial charge in [-0.3, -0.25) is 0 Å². The van der Waals surface area contributed by atoms with Crippen molar-refractivity contribution in [2.24, 2.45) is 0 Å². The fourth-order valence-electron chi connectivity index (χ4n) is 1.32. The number of aryl methyl sites for hydroxylation is 1. The number of fused-ring (bicyclic) bond motifs is 1. The standard InChI is InChI=1S/C9H7NO3S/c1-4-8-5(2-3-14-8)7(11)6(10-4)9(12)13/h2-3,11H,1H3,(H,12,13). The summed E-state index contributed by atoms with van der Waals surface area (Å²) in [5.41, 5.74) is 0.346. The van der Waals surface area contributed by atoms with Crippen molar-refractivity contribution in [3.8, 4) is 5.75 Å². The van der Waals surface area contributed by atoms with E-state index in [-0.39, 0.29) is 11.4 Å². The Morgan fingerprint density at radius 3 is 2.93 bits per heavy atom. The Morgan fingerprint density at radius 1 is 1.57 bits per heavy atom. The second kappa shape index (κ2) is 2.95. The summed E-state index contributed by atoms with van der Waals surface area (Å²) in [6.45, 7) is 1.73. The van der Waals surface area contributed by atoms with Crippen molar-refractivity contribution < 1.29 is 15.0 Å². The first-order valence-corrected chi connectivity index (χ1v) is 4.79. The lowest BCUT2D eigenvalue weighted by Crippen LogP contribution is -2.02. The summed E-state index contributed by atoms with van der Waals surface area (Å²) in [6.07, 6.45) is 0. The normalized spacial score (nSPS) is 10.6. The minimum absolute atomic E-state index is 0.251. The fourth-order valence-corrected chi connectivity index (χ4v) is 2.17. The van der Waals surface area contributed by atoms with Crippen molar-refractivity contribution in [2.75, 3.05) is 0 Å². The molecule has 72 valence electrons. The fraction of sp³-hybridized carbons (Fsp3) is 0.111. The molecule has 14 heavy (non-hydrogen) atoms. The molecule has 0 amide bonds. The van der Waals surface area contributed by atoms with Crippen molar-refractivity contribution in [2.45, 2.75) is 6.92 Å². The Bertz CT molecular complexity index is 518. The zero-order chi connectivity index (χ0) is 10.3. The molecule has 0 fully saturated rings. The Kier molecular flexibility index (Phi) is 1.89. The number of carbonyl (C=O) groups is 1. The van der Waals surface area contributed by atoms with Crippen LogP contribution in [0.2, 0.25) is 0 Å². The number of aromatic nitrogens is 1. The van der Waals surface area contributed by atoms with Gasteiger partial charge in [-0.05, 0) is 18.4 Å². The van der Waals surface area contributed by atoms with E-state index >= 15 is 0 Å². The molecule has 0 spiro atoms. The van der Waals surface area contributed by atoms with Crippen LogP contribution in [-0.4, -0.2) is 21.2 Å². The first kappa shape index (κ1) is 8.96. The highest BCUT2D eigenvalue weighted by Gasteiger charge is 2.16. The Morgan fingerprint density at radius 2 is 2.29 bits per heavy atom. The highest BCUT2D eigenvalue weighted by atomic mass is 32.1. The Labute approximate surface area is 83.5 Å². The van der Waals surface area contributed by atoms with E-state index in [4.69, 9.17) is 5.11 Å². The van der Waals surface area contributed by atoms with Crippen LogP contribution in [0.1, 0.15) is 16.2 Å². The maximum absolute atomic E-state index is 10.7. The van der Waals surface area contributed by atoms with Gasteiger partial charge in [-0.2, -0.15) is 0 Å². The minimum atomic E-state index is -1.21. The molecule has 0 radical (unpaired) electrons. The largest absolute Gasteiger partial charge is 0.505 e. The molecule has 2 N–H and O–H groups in total. The quantitative estimate of drug-likeness (QED) is 0.753. The molecule has 2 aromatic heterocycles. The number of aromatic carboxylic acids is 1. The highest BCUT2D eigenvalue weighted by molar-refractivity contribution is 7.17. The number of rotatable bonds is 1. The van der Waals surface area contributed by atoms with E-state index in [0.717, 1.165) is 4.70 Å². The number of thiophene rings is 1. The molecule has 0 saturated heterocycles. The van der Waals surface area contributed by atoms with E-state index in [1.165, 1.54) is 11.3 Å². The number of hydrogen-bond acceptors (Lipinski definition) is 4. The van der Waals surface area contributed by atoms with Gasteiger partial charge in [-0.1, -0.05) is 0 Å². The van der Waals surface area contributed by atoms with Crippen molar-refractivity contribution in [1.82, 2.24) is 4.98 Å². The van der Waals surface area contributed by atoms with Gasteiger partial charge in [0.15, 0.2) is 11.4 Å². The molecular formula is C9H7NO3S. The van der Waals surface area contributed by atoms with Crippen molar-refractivity contribution in [1.29, 1.82) is 0 Å². The number of aromatic hydroxyl groups is 1. The van der Waals surface area contributed by atoms with Crippen LogP contribution in [0.25, 0.3) is 10.1 Å². The molecule has 4 nitrogen and oxygen atoms in total. The van der Waals surface area contributed by atoms with Gasteiger partial charge in [0.05, 0.1) is 10.4 Å². The van der Waals surface area contributed by atoms with Crippen LogP contribution < -0.4 is 0 Å². The molecule has 2 aromatic rings. The van der Waals surface area contributed by atoms with Crippen LogP contribution in [0, 0.1) is 6.92 Å². The van der Waals surface area contributed by atoms with Crippen molar-refractivity contribution in [3.05, 3.63) is 22.8 Å². The minimum Gasteiger partial charge on any atom is -0.505 e. The van der Waals surface area contributed by atoms with Gasteiger partial charge in [-0.15, -0.1) is 11.3 Å². The second-order valence-electron chi connectivity index (χ2n) is 2.86. The third-order valence-electron chi connectivity index (χ3n) is 1.96. The van der Waals surface area contributed by atoms with Crippen molar-refractivity contribution >= 4 is 27.4 Å². The van der Waals surface area contributed by atoms with E-state index in [9.17, 15) is 9.90 Å². The molecular weight excluding hydrogens is 202 g/mol. The summed E-state index contributed by atoms with van der Waals surface area (Å²) in [7, 11) is 0. The lowest BCUT2D eigenvalue weighted by Gasteiger charge is -2.02. The average molecular weight is 209 g/mol. The molecule has 0 unspecified atom stereocenters. The predicted octanol–water partition coefficient (Wildman–Crippen LogP) is 2.01. The maximum atomic E-state index is 10.7. The van der Waals surface area contributed by atoms with Gasteiger partial charge in [0.1, 0.15) is 0 Å². The van der Waals surface area contributed by atoms with Gasteiger partial charge in [0, 0.05) is 5.39 Å². The van der Waals surface area contributed by atoms with Gasteiger partial charge in [0.25, 0.3) is 0 Å². The molecule has 0 aliphatic heterocycles. The molecule has 0 bridgehead atoms. The summed E-state index contributed by atoms with van der Waals surface area (Å²) in [5, 5.41) is 20.7. The lowest BCUT2D eigenvalue weighted by atomic mass is 10.2. The SMILES string of the molecule is Cc1nc(C(=O)O)c(O)c2ccsc12. The topological polar surface area (TPSA) is 70.4 Å². The third kappa shape index (κ3) is 1.13. The zero-order valence-corrected chi connectivity index (χ0v) is 8.13. The van der Waals surface area contributed by atoms with Gasteiger partial charge in [-0.25, -0.2) is 9.78 Å². The molecule has 2 rings (SSSR count). The van der Waals surface area contributed by atoms with E-state index < -0.39 is 5.97 Å². The predicted molar refractivity (Wildman–Crippen MR) is 53.0 cm³/mol. The average Bonchev–Trinajstić information content (AvgIpc) is 2.59. The number of hydrogen-bond donors (Lipinski definition) is 2. The lowest BCUT2D eigenvalue weighted by molar-refractivity contribution is 0.0687. The summed E-state index contributed by atoms with van der Waals surface area (Å²) in [5.74, 6) is -1.46. The summed E-state index contributed by atoms with van der Waals surface area (Å²) >= 11 is 1.43. The first-order valence-electron chi connectivity index (χ1n) is 3.91. The maximum Gasteiger partial charge on any atom is 0.358 e. The molecule has 0 atom stereocenters. The number of carboxylic acid groups (broad SMARTS) is 1.